The largest absolute Gasteiger partial charge is 0.294 e. The Kier molecular flexibility index (Phi) is 4.67. The van der Waals surface area contributed by atoms with E-state index < -0.39 is 0 Å². The molecule has 0 heterocycles. The maximum atomic E-state index is 11.9. The van der Waals surface area contributed by atoms with E-state index in [0.717, 1.165) is 23.1 Å². The average molecular weight is 260 g/mol. The molecule has 0 aliphatic carbocycles. The molecule has 19 heavy (non-hydrogen) atoms. The predicted octanol–water partition coefficient (Wildman–Crippen LogP) is 3.46. The van der Waals surface area contributed by atoms with E-state index in [9.17, 15) is 4.79 Å². The lowest BCUT2D eigenvalue weighted by Crippen LogP contribution is -2.18. The molecule has 0 N–H and O–H groups in total. The van der Waals surface area contributed by atoms with Gasteiger partial charge in [0.2, 0.25) is 0 Å². The Morgan fingerprint density at radius 1 is 0.947 bits per heavy atom. The molecule has 0 saturated carbocycles. The molecule has 1 aromatic carbocycles. The number of rotatable bonds is 3. The van der Waals surface area contributed by atoms with Gasteiger partial charge in [0.15, 0.2) is 11.5 Å². The van der Waals surface area contributed by atoms with E-state index in [1.165, 1.54) is 22.4 Å². The molecule has 0 bridgehead atoms. The highest BCUT2D eigenvalue weighted by Crippen LogP contribution is 2.28. The summed E-state index contributed by atoms with van der Waals surface area (Å²) < 4.78 is 2.15. The third-order valence-corrected chi connectivity index (χ3v) is 4.18. The third-order valence-electron chi connectivity index (χ3n) is 4.18. The maximum absolute atomic E-state index is 11.9. The lowest BCUT2D eigenvalue weighted by Gasteiger charge is -2.19. The Morgan fingerprint density at radius 3 is 1.79 bits per heavy atom. The molecule has 0 unspecified atom stereocenters. The van der Waals surface area contributed by atoms with Gasteiger partial charge >= 0.3 is 0 Å². The van der Waals surface area contributed by atoms with Crippen molar-refractivity contribution >= 4 is 11.5 Å². The monoisotopic (exact) mass is 260 g/mol. The summed E-state index contributed by atoms with van der Waals surface area (Å²) in [6.07, 6.45) is 0.952. The summed E-state index contributed by atoms with van der Waals surface area (Å²) in [6, 6.07) is 0. The topological polar surface area (TPSA) is 20.1 Å². The van der Waals surface area contributed by atoms with Crippen molar-refractivity contribution in [3.63, 3.8) is 0 Å². The minimum Gasteiger partial charge on any atom is -0.294 e. The van der Waals surface area contributed by atoms with Crippen molar-refractivity contribution in [2.24, 2.45) is 0 Å². The van der Waals surface area contributed by atoms with Crippen LogP contribution in [0.4, 0.5) is 0 Å². The molecular formula is C17H26NO+. The van der Waals surface area contributed by atoms with E-state index in [-0.39, 0.29) is 5.78 Å². The first-order chi connectivity index (χ1) is 8.73. The highest BCUT2D eigenvalue weighted by molar-refractivity contribution is 6.03. The van der Waals surface area contributed by atoms with Crippen LogP contribution in [0.15, 0.2) is 0 Å². The number of nitrogens with zero attached hydrogens (tertiary/aromatic N) is 1. The van der Waals surface area contributed by atoms with Gasteiger partial charge in [-0.25, -0.2) is 4.58 Å². The summed E-state index contributed by atoms with van der Waals surface area (Å²) in [4.78, 5) is 11.9. The molecule has 0 radical (unpaired) electrons. The van der Waals surface area contributed by atoms with Gasteiger partial charge in [0, 0.05) is 18.1 Å². The van der Waals surface area contributed by atoms with E-state index in [1.807, 2.05) is 0 Å². The highest BCUT2D eigenvalue weighted by Gasteiger charge is 2.22. The molecule has 0 spiro atoms. The van der Waals surface area contributed by atoms with Gasteiger partial charge in [0.05, 0.1) is 0 Å². The van der Waals surface area contributed by atoms with Crippen molar-refractivity contribution in [3.8, 4) is 0 Å². The number of Topliss-reactive ketones (excluding diaryl/α,β-unsaturated/α-hetero) is 1. The number of benzene rings is 1. The first kappa shape index (κ1) is 15.6. The molecule has 104 valence electrons. The quantitative estimate of drug-likeness (QED) is 0.463. The zero-order chi connectivity index (χ0) is 14.9. The average Bonchev–Trinajstić information content (AvgIpc) is 2.32. The predicted molar refractivity (Wildman–Crippen MR) is 81.9 cm³/mol. The smallest absolute Gasteiger partial charge is 0.180 e. The summed E-state index contributed by atoms with van der Waals surface area (Å²) in [5.74, 6) is 0.168. The number of carbonyl (C=O) groups is 1. The molecule has 0 saturated heterocycles. The van der Waals surface area contributed by atoms with Crippen molar-refractivity contribution in [2.45, 2.75) is 48.0 Å². The van der Waals surface area contributed by atoms with Crippen LogP contribution in [-0.4, -0.2) is 30.2 Å². The van der Waals surface area contributed by atoms with Crippen LogP contribution < -0.4 is 0 Å². The standard InChI is InChI=1S/C17H26NO/c1-9-15-12(4)16(14(6)19)10(2)11(3)17(15)13(5)18(7)8/h9H2,1-8H3/q+1. The second kappa shape index (κ2) is 5.68. The molecule has 2 heteroatoms. The number of ketones is 1. The Hall–Kier alpha value is -1.44. The molecule has 2 nitrogen and oxygen atoms in total. The molecule has 0 amide bonds. The van der Waals surface area contributed by atoms with E-state index in [1.54, 1.807) is 6.92 Å². The van der Waals surface area contributed by atoms with E-state index in [2.05, 4.69) is 53.3 Å². The first-order valence-electron chi connectivity index (χ1n) is 6.88. The minimum absolute atomic E-state index is 0.168. The Labute approximate surface area is 117 Å². The summed E-state index contributed by atoms with van der Waals surface area (Å²) in [7, 11) is 4.13. The summed E-state index contributed by atoms with van der Waals surface area (Å²) in [5.41, 5.74) is 8.29. The van der Waals surface area contributed by atoms with E-state index in [0.29, 0.717) is 0 Å². The third kappa shape index (κ3) is 2.63. The van der Waals surface area contributed by atoms with Crippen LogP contribution in [0.5, 0.6) is 0 Å². The van der Waals surface area contributed by atoms with Crippen molar-refractivity contribution in [3.05, 3.63) is 33.4 Å². The summed E-state index contributed by atoms with van der Waals surface area (Å²) in [5, 5.41) is 0. The molecule has 1 rings (SSSR count). The van der Waals surface area contributed by atoms with Gasteiger partial charge < -0.3 is 0 Å². The van der Waals surface area contributed by atoms with Gasteiger partial charge in [-0.3, -0.25) is 4.79 Å². The summed E-state index contributed by atoms with van der Waals surface area (Å²) >= 11 is 0. The van der Waals surface area contributed by atoms with Gasteiger partial charge in [-0.15, -0.1) is 0 Å². The van der Waals surface area contributed by atoms with Crippen LogP contribution in [0.1, 0.15) is 58.9 Å². The van der Waals surface area contributed by atoms with Crippen molar-refractivity contribution < 1.29 is 9.37 Å². The Balaban J connectivity index is 3.88. The van der Waals surface area contributed by atoms with Gasteiger partial charge in [0.1, 0.15) is 14.1 Å². The lowest BCUT2D eigenvalue weighted by atomic mass is 9.84. The molecule has 0 atom stereocenters. The fourth-order valence-electron chi connectivity index (χ4n) is 2.90. The second-order valence-corrected chi connectivity index (χ2v) is 5.49. The second-order valence-electron chi connectivity index (χ2n) is 5.49. The van der Waals surface area contributed by atoms with Crippen LogP contribution in [0.3, 0.4) is 0 Å². The first-order valence-corrected chi connectivity index (χ1v) is 6.88. The molecule has 0 fully saturated rings. The molecular weight excluding hydrogens is 234 g/mol. The van der Waals surface area contributed by atoms with Crippen LogP contribution in [0.2, 0.25) is 0 Å². The van der Waals surface area contributed by atoms with Crippen LogP contribution in [0, 0.1) is 20.8 Å². The van der Waals surface area contributed by atoms with Crippen molar-refractivity contribution in [2.75, 3.05) is 14.1 Å². The van der Waals surface area contributed by atoms with Gasteiger partial charge in [-0.2, -0.15) is 0 Å². The summed E-state index contributed by atoms with van der Waals surface area (Å²) in [6.45, 7) is 12.2. The minimum atomic E-state index is 0.168. The van der Waals surface area contributed by atoms with Crippen LogP contribution >= 0.6 is 0 Å². The molecule has 0 aliphatic heterocycles. The fraction of sp³-hybridized carbons (Fsp3) is 0.529. The van der Waals surface area contributed by atoms with E-state index >= 15 is 0 Å². The lowest BCUT2D eigenvalue weighted by molar-refractivity contribution is -0.464. The van der Waals surface area contributed by atoms with Crippen molar-refractivity contribution in [1.29, 1.82) is 0 Å². The molecule has 0 aromatic heterocycles. The zero-order valence-corrected chi connectivity index (χ0v) is 13.6. The SMILES string of the molecule is CCc1c(C)c(C(C)=O)c(C)c(C)c1C(C)=[N+](C)C. The van der Waals surface area contributed by atoms with Crippen molar-refractivity contribution in [1.82, 2.24) is 0 Å². The van der Waals surface area contributed by atoms with Gasteiger partial charge in [0.25, 0.3) is 0 Å². The Morgan fingerprint density at radius 2 is 1.42 bits per heavy atom. The van der Waals surface area contributed by atoms with Crippen LogP contribution in [-0.2, 0) is 6.42 Å². The maximum Gasteiger partial charge on any atom is 0.180 e. The zero-order valence-electron chi connectivity index (χ0n) is 13.6. The Bertz CT molecular complexity index is 561. The number of hydrogen-bond donors (Lipinski definition) is 0. The highest BCUT2D eigenvalue weighted by atomic mass is 16.1. The molecule has 1 aromatic rings. The number of carbonyl (C=O) groups excluding carboxylic acids is 1. The van der Waals surface area contributed by atoms with E-state index in [4.69, 9.17) is 0 Å². The number of hydrogen-bond acceptors (Lipinski definition) is 1. The fourth-order valence-corrected chi connectivity index (χ4v) is 2.90. The van der Waals surface area contributed by atoms with Crippen LogP contribution in [0.25, 0.3) is 0 Å². The van der Waals surface area contributed by atoms with Gasteiger partial charge in [-0.1, -0.05) is 6.92 Å². The molecule has 0 aliphatic rings. The normalized spacial score (nSPS) is 10.5. The van der Waals surface area contributed by atoms with Gasteiger partial charge in [-0.05, 0) is 56.4 Å².